The molecule has 7 atom stereocenters. The van der Waals surface area contributed by atoms with Crippen molar-refractivity contribution in [2.45, 2.75) is 82.3 Å². The fourth-order valence-corrected chi connectivity index (χ4v) is 7.12. The quantitative estimate of drug-likeness (QED) is 0.274. The molecule has 1 aromatic carbocycles. The van der Waals surface area contributed by atoms with Gasteiger partial charge in [-0.3, -0.25) is 19.2 Å². The van der Waals surface area contributed by atoms with Crippen molar-refractivity contribution in [2.75, 3.05) is 33.3 Å². The van der Waals surface area contributed by atoms with Gasteiger partial charge in [0.1, 0.15) is 23.7 Å². The summed E-state index contributed by atoms with van der Waals surface area (Å²) in [6.07, 6.45) is 9.15. The Morgan fingerprint density at radius 3 is 2.50 bits per heavy atom. The highest BCUT2D eigenvalue weighted by Gasteiger charge is 2.71. The lowest BCUT2D eigenvalue weighted by Gasteiger charge is -2.35. The Bertz CT molecular complexity index is 1280. The van der Waals surface area contributed by atoms with E-state index in [1.807, 2.05) is 55.5 Å². The minimum Gasteiger partial charge on any atom is -0.455 e. The number of likely N-dealkylation sites (tertiary alicyclic amines) is 1. The molecule has 3 amide bonds. The first-order valence-corrected chi connectivity index (χ1v) is 16.0. The number of cyclic esters (lactones) is 1. The van der Waals surface area contributed by atoms with Crippen LogP contribution in [0.4, 0.5) is 0 Å². The van der Waals surface area contributed by atoms with Gasteiger partial charge in [0.05, 0.1) is 18.1 Å². The number of fused-ring (bicyclic) bond motifs is 2. The standard InChI is InChI=1S/C34H45N3O7/c1-4-5-19-36-20-13-18-34-28(31(40)37(21-11-12-22-38)30(34)32(36)41)27-25(44-34)16-9-10-17-26(39)35(3)23(2)29(43-33(27)42)24-14-7-6-8-15-24/h6-9,13-16,18,23,25,27-30,38H,4-5,10-12,17,19-22H2,1-3H3/b16-9-/t23-,25-,27+,28+,29+,30-,34+/m0/s1. The van der Waals surface area contributed by atoms with Gasteiger partial charge < -0.3 is 29.3 Å². The zero-order valence-electron chi connectivity index (χ0n) is 26.0. The topological polar surface area (TPSA) is 117 Å². The molecule has 1 aromatic rings. The molecule has 0 unspecified atom stereocenters. The number of benzene rings is 1. The number of carbonyl (C=O) groups is 4. The number of rotatable bonds is 8. The van der Waals surface area contributed by atoms with Crippen molar-refractivity contribution in [3.05, 3.63) is 60.2 Å². The van der Waals surface area contributed by atoms with E-state index in [0.717, 1.165) is 18.4 Å². The van der Waals surface area contributed by atoms with Crippen molar-refractivity contribution in [3.63, 3.8) is 0 Å². The zero-order chi connectivity index (χ0) is 31.4. The maximum absolute atomic E-state index is 14.4. The molecule has 0 aromatic heterocycles. The van der Waals surface area contributed by atoms with Gasteiger partial charge in [-0.2, -0.15) is 0 Å². The Labute approximate surface area is 259 Å². The normalized spacial score (nSPS) is 33.2. The molecule has 2 fully saturated rings. The van der Waals surface area contributed by atoms with Crippen molar-refractivity contribution in [3.8, 4) is 0 Å². The lowest BCUT2D eigenvalue weighted by atomic mass is 9.77. The molecule has 10 heteroatoms. The van der Waals surface area contributed by atoms with E-state index in [4.69, 9.17) is 9.47 Å². The summed E-state index contributed by atoms with van der Waals surface area (Å²) in [5.74, 6) is -3.14. The number of hydrogen-bond acceptors (Lipinski definition) is 7. The van der Waals surface area contributed by atoms with E-state index >= 15 is 0 Å². The highest BCUT2D eigenvalue weighted by molar-refractivity contribution is 5.99. The SMILES string of the molecule is CCCCN1CC=C[C@@]23O[C@H]4/C=C\CCC(=O)N(C)[C@@H](C)[C@H](c5ccccc5)OC(=O)[C@H]4[C@@H]2C(=O)N(CCCCO)[C@H]3C1=O. The largest absolute Gasteiger partial charge is 0.455 e. The van der Waals surface area contributed by atoms with Gasteiger partial charge >= 0.3 is 5.97 Å². The van der Waals surface area contributed by atoms with Crippen molar-refractivity contribution in [2.24, 2.45) is 11.8 Å². The van der Waals surface area contributed by atoms with Crippen molar-refractivity contribution < 1.29 is 33.8 Å². The van der Waals surface area contributed by atoms with Crippen molar-refractivity contribution in [1.82, 2.24) is 14.7 Å². The Morgan fingerprint density at radius 2 is 1.77 bits per heavy atom. The number of ether oxygens (including phenoxy) is 2. The van der Waals surface area contributed by atoms with Crippen LogP contribution in [0, 0.1) is 11.8 Å². The molecular formula is C34H45N3O7. The van der Waals surface area contributed by atoms with Gasteiger partial charge in [0, 0.05) is 39.7 Å². The van der Waals surface area contributed by atoms with Gasteiger partial charge in [-0.1, -0.05) is 68.0 Å². The molecule has 5 rings (SSSR count). The zero-order valence-corrected chi connectivity index (χ0v) is 26.0. The van der Waals surface area contributed by atoms with Crippen LogP contribution < -0.4 is 0 Å². The summed E-state index contributed by atoms with van der Waals surface area (Å²) in [5.41, 5.74) is -0.614. The molecule has 44 heavy (non-hydrogen) atoms. The van der Waals surface area contributed by atoms with Crippen molar-refractivity contribution in [1.29, 1.82) is 0 Å². The van der Waals surface area contributed by atoms with E-state index in [2.05, 4.69) is 6.92 Å². The van der Waals surface area contributed by atoms with Crippen LogP contribution >= 0.6 is 0 Å². The molecular weight excluding hydrogens is 562 g/mol. The van der Waals surface area contributed by atoms with Gasteiger partial charge in [-0.25, -0.2) is 0 Å². The maximum Gasteiger partial charge on any atom is 0.313 e. The predicted octanol–water partition coefficient (Wildman–Crippen LogP) is 3.02. The van der Waals surface area contributed by atoms with Gasteiger partial charge in [0.15, 0.2) is 0 Å². The second kappa shape index (κ2) is 13.6. The second-order valence-corrected chi connectivity index (χ2v) is 12.3. The summed E-state index contributed by atoms with van der Waals surface area (Å²) >= 11 is 0. The van der Waals surface area contributed by atoms with Crippen LogP contribution in [0.25, 0.3) is 0 Å². The van der Waals surface area contributed by atoms with E-state index in [0.29, 0.717) is 32.4 Å². The molecule has 2 saturated heterocycles. The molecule has 0 bridgehead atoms. The molecule has 238 valence electrons. The summed E-state index contributed by atoms with van der Waals surface area (Å²) < 4.78 is 13.0. The number of amides is 3. The third kappa shape index (κ3) is 5.81. The first kappa shape index (κ1) is 31.9. The number of aliphatic hydroxyl groups is 1. The van der Waals surface area contributed by atoms with E-state index < -0.39 is 47.7 Å². The maximum atomic E-state index is 14.4. The number of nitrogens with zero attached hydrogens (tertiary/aromatic N) is 3. The van der Waals surface area contributed by atoms with Gasteiger partial charge in [0.25, 0.3) is 0 Å². The number of unbranched alkanes of at least 4 members (excludes halogenated alkanes) is 2. The van der Waals surface area contributed by atoms with Crippen LogP contribution in [-0.4, -0.2) is 101 Å². The molecule has 0 aliphatic carbocycles. The molecule has 4 aliphatic rings. The van der Waals surface area contributed by atoms with E-state index in [-0.39, 0.29) is 37.3 Å². The average Bonchev–Trinajstić information content (AvgIpc) is 3.41. The first-order valence-electron chi connectivity index (χ1n) is 16.0. The molecule has 4 heterocycles. The average molecular weight is 608 g/mol. The number of aliphatic hydroxyl groups excluding tert-OH is 1. The molecule has 4 aliphatic heterocycles. The molecule has 1 N–H and O–H groups in total. The van der Waals surface area contributed by atoms with E-state index in [1.165, 1.54) is 0 Å². The van der Waals surface area contributed by atoms with Crippen LogP contribution in [0.1, 0.15) is 64.0 Å². The number of likely N-dealkylation sites (N-methyl/N-ethyl adjacent to an activating group) is 1. The number of allylic oxidation sites excluding steroid dienone is 1. The summed E-state index contributed by atoms with van der Waals surface area (Å²) in [5, 5.41) is 9.44. The molecule has 10 nitrogen and oxygen atoms in total. The van der Waals surface area contributed by atoms with Crippen LogP contribution in [-0.2, 0) is 28.7 Å². The summed E-state index contributed by atoms with van der Waals surface area (Å²) in [6, 6.07) is 7.90. The third-order valence-corrected chi connectivity index (χ3v) is 9.60. The first-order chi connectivity index (χ1) is 21.2. The fourth-order valence-electron chi connectivity index (χ4n) is 7.12. The minimum atomic E-state index is -1.35. The third-order valence-electron chi connectivity index (χ3n) is 9.60. The predicted molar refractivity (Wildman–Crippen MR) is 163 cm³/mol. The fraction of sp³-hybridized carbons (Fsp3) is 0.588. The Morgan fingerprint density at radius 1 is 1.00 bits per heavy atom. The molecule has 1 spiro atoms. The van der Waals surface area contributed by atoms with E-state index in [1.54, 1.807) is 27.8 Å². The van der Waals surface area contributed by atoms with Crippen LogP contribution in [0.15, 0.2) is 54.6 Å². The number of carbonyl (C=O) groups excluding carboxylic acids is 4. The number of hydrogen-bond donors (Lipinski definition) is 1. The van der Waals surface area contributed by atoms with Gasteiger partial charge in [0.2, 0.25) is 17.7 Å². The summed E-state index contributed by atoms with van der Waals surface area (Å²) in [6.45, 7) is 5.12. The smallest absolute Gasteiger partial charge is 0.313 e. The highest BCUT2D eigenvalue weighted by Crippen LogP contribution is 2.53. The molecule has 0 radical (unpaired) electrons. The van der Waals surface area contributed by atoms with Gasteiger partial charge in [-0.05, 0) is 38.2 Å². The second-order valence-electron chi connectivity index (χ2n) is 12.3. The van der Waals surface area contributed by atoms with E-state index in [9.17, 15) is 24.3 Å². The van der Waals surface area contributed by atoms with Crippen molar-refractivity contribution >= 4 is 23.7 Å². The Kier molecular flexibility index (Phi) is 9.90. The minimum absolute atomic E-state index is 0.0218. The highest BCUT2D eigenvalue weighted by atomic mass is 16.6. The van der Waals surface area contributed by atoms with Crippen LogP contribution in [0.2, 0.25) is 0 Å². The summed E-state index contributed by atoms with van der Waals surface area (Å²) in [7, 11) is 1.71. The Balaban J connectivity index is 1.58. The Hall–Kier alpha value is -3.50. The van der Waals surface area contributed by atoms with Crippen LogP contribution in [0.3, 0.4) is 0 Å². The number of esters is 1. The lowest BCUT2D eigenvalue weighted by Crippen LogP contribution is -2.55. The summed E-state index contributed by atoms with van der Waals surface area (Å²) in [4.78, 5) is 61.0. The van der Waals surface area contributed by atoms with Gasteiger partial charge in [-0.15, -0.1) is 0 Å². The van der Waals surface area contributed by atoms with Crippen LogP contribution in [0.5, 0.6) is 0 Å². The molecule has 0 saturated carbocycles. The monoisotopic (exact) mass is 607 g/mol. The lowest BCUT2D eigenvalue weighted by molar-refractivity contribution is -0.164.